The van der Waals surface area contributed by atoms with E-state index in [1.165, 1.54) is 16.2 Å². The van der Waals surface area contributed by atoms with Gasteiger partial charge in [-0.1, -0.05) is 12.1 Å². The largest absolute Gasteiger partial charge is 0.497 e. The maximum Gasteiger partial charge on any atom is 0.275 e. The number of nitrogens with zero attached hydrogens (tertiary/aromatic N) is 1. The molecule has 0 spiro atoms. The minimum atomic E-state index is 0.0555. The molecule has 1 aromatic carbocycles. The molecule has 2 heterocycles. The molecule has 0 saturated carbocycles. The van der Waals surface area contributed by atoms with Crippen LogP contribution in [0.1, 0.15) is 17.3 Å². The molecule has 2 aromatic rings. The SMILES string of the molecule is COCCNC(=O)C[NH+]1CCn2cccc2[C@H]1c1cccc(OC)c1. The Kier molecular flexibility index (Phi) is 5.73. The van der Waals surface area contributed by atoms with Crippen LogP contribution in [0.4, 0.5) is 0 Å². The van der Waals surface area contributed by atoms with Crippen LogP contribution in [-0.2, 0) is 16.1 Å². The zero-order valence-electron chi connectivity index (χ0n) is 14.8. The van der Waals surface area contributed by atoms with E-state index in [9.17, 15) is 4.79 Å². The Hall–Kier alpha value is -2.31. The van der Waals surface area contributed by atoms with Gasteiger partial charge in [-0.05, 0) is 24.3 Å². The van der Waals surface area contributed by atoms with Crippen LogP contribution in [0.2, 0.25) is 0 Å². The first-order valence-electron chi connectivity index (χ1n) is 8.62. The fourth-order valence-corrected chi connectivity index (χ4v) is 3.49. The second kappa shape index (κ2) is 8.18. The monoisotopic (exact) mass is 344 g/mol. The minimum Gasteiger partial charge on any atom is -0.497 e. The Morgan fingerprint density at radius 1 is 1.32 bits per heavy atom. The molecule has 2 atom stereocenters. The van der Waals surface area contributed by atoms with Gasteiger partial charge in [-0.25, -0.2) is 0 Å². The maximum atomic E-state index is 12.3. The first kappa shape index (κ1) is 17.5. The van der Waals surface area contributed by atoms with Gasteiger partial charge in [0.05, 0.1) is 32.5 Å². The first-order chi connectivity index (χ1) is 12.2. The van der Waals surface area contributed by atoms with Crippen molar-refractivity contribution < 1.29 is 19.2 Å². The van der Waals surface area contributed by atoms with E-state index in [0.717, 1.165) is 18.8 Å². The number of fused-ring (bicyclic) bond motifs is 1. The molecule has 1 unspecified atom stereocenters. The van der Waals surface area contributed by atoms with E-state index in [1.54, 1.807) is 14.2 Å². The Morgan fingerprint density at radius 2 is 2.20 bits per heavy atom. The van der Waals surface area contributed by atoms with Crippen LogP contribution in [0.25, 0.3) is 0 Å². The van der Waals surface area contributed by atoms with E-state index >= 15 is 0 Å². The Bertz CT molecular complexity index is 713. The molecule has 6 heteroatoms. The average molecular weight is 344 g/mol. The Balaban J connectivity index is 1.82. The van der Waals surface area contributed by atoms with E-state index in [4.69, 9.17) is 9.47 Å². The van der Waals surface area contributed by atoms with Gasteiger partial charge in [-0.3, -0.25) is 4.79 Å². The van der Waals surface area contributed by atoms with Crippen molar-refractivity contribution in [1.29, 1.82) is 0 Å². The van der Waals surface area contributed by atoms with E-state index in [2.05, 4.69) is 40.3 Å². The number of hydrogen-bond donors (Lipinski definition) is 2. The van der Waals surface area contributed by atoms with Crippen molar-refractivity contribution in [2.45, 2.75) is 12.6 Å². The molecule has 134 valence electrons. The highest BCUT2D eigenvalue weighted by atomic mass is 16.5. The normalized spacial score (nSPS) is 19.3. The van der Waals surface area contributed by atoms with Crippen molar-refractivity contribution >= 4 is 5.91 Å². The number of hydrogen-bond acceptors (Lipinski definition) is 3. The summed E-state index contributed by atoms with van der Waals surface area (Å²) in [5.74, 6) is 0.894. The molecule has 3 rings (SSSR count). The molecule has 1 aliphatic rings. The summed E-state index contributed by atoms with van der Waals surface area (Å²) >= 11 is 0. The van der Waals surface area contributed by atoms with Gasteiger partial charge in [0.1, 0.15) is 5.75 Å². The number of nitrogens with one attached hydrogen (secondary N) is 2. The number of carbonyl (C=O) groups is 1. The van der Waals surface area contributed by atoms with E-state index in [1.807, 2.05) is 12.1 Å². The summed E-state index contributed by atoms with van der Waals surface area (Å²) in [7, 11) is 3.31. The van der Waals surface area contributed by atoms with Gasteiger partial charge in [0.15, 0.2) is 12.6 Å². The highest BCUT2D eigenvalue weighted by Gasteiger charge is 2.33. The van der Waals surface area contributed by atoms with Gasteiger partial charge in [-0.2, -0.15) is 0 Å². The first-order valence-corrected chi connectivity index (χ1v) is 8.62. The second-order valence-electron chi connectivity index (χ2n) is 6.26. The third kappa shape index (κ3) is 4.03. The van der Waals surface area contributed by atoms with Crippen molar-refractivity contribution in [3.05, 3.63) is 53.9 Å². The highest BCUT2D eigenvalue weighted by molar-refractivity contribution is 5.76. The van der Waals surface area contributed by atoms with Crippen LogP contribution in [-0.4, -0.2) is 50.9 Å². The molecule has 1 aliphatic heterocycles. The summed E-state index contributed by atoms with van der Waals surface area (Å²) in [6, 6.07) is 12.5. The van der Waals surface area contributed by atoms with Crippen LogP contribution in [0.15, 0.2) is 42.6 Å². The molecule has 2 N–H and O–H groups in total. The number of aromatic nitrogens is 1. The fraction of sp³-hybridized carbons (Fsp3) is 0.421. The number of carbonyl (C=O) groups excluding carboxylic acids is 1. The molecule has 0 saturated heterocycles. The molecular formula is C19H26N3O3+. The lowest BCUT2D eigenvalue weighted by molar-refractivity contribution is -0.922. The lowest BCUT2D eigenvalue weighted by atomic mass is 9.99. The molecule has 0 bridgehead atoms. The number of methoxy groups -OCH3 is 2. The summed E-state index contributed by atoms with van der Waals surface area (Å²) in [5.41, 5.74) is 2.40. The molecule has 25 heavy (non-hydrogen) atoms. The van der Waals surface area contributed by atoms with Gasteiger partial charge in [0.2, 0.25) is 0 Å². The van der Waals surface area contributed by atoms with Crippen molar-refractivity contribution in [2.75, 3.05) is 40.5 Å². The Morgan fingerprint density at radius 3 is 3.00 bits per heavy atom. The van der Waals surface area contributed by atoms with Crippen molar-refractivity contribution in [3.8, 4) is 5.75 Å². The lowest BCUT2D eigenvalue weighted by Crippen LogP contribution is -3.14. The molecule has 0 aliphatic carbocycles. The third-order valence-corrected chi connectivity index (χ3v) is 4.69. The van der Waals surface area contributed by atoms with Crippen molar-refractivity contribution in [2.24, 2.45) is 0 Å². The van der Waals surface area contributed by atoms with E-state index in [0.29, 0.717) is 19.7 Å². The fourth-order valence-electron chi connectivity index (χ4n) is 3.49. The van der Waals surface area contributed by atoms with Gasteiger partial charge >= 0.3 is 0 Å². The van der Waals surface area contributed by atoms with Crippen LogP contribution >= 0.6 is 0 Å². The van der Waals surface area contributed by atoms with E-state index < -0.39 is 0 Å². The third-order valence-electron chi connectivity index (χ3n) is 4.69. The number of rotatable bonds is 7. The van der Waals surface area contributed by atoms with Crippen molar-refractivity contribution in [1.82, 2.24) is 9.88 Å². The van der Waals surface area contributed by atoms with Gasteiger partial charge in [0.25, 0.3) is 5.91 Å². The molecular weight excluding hydrogens is 318 g/mol. The number of amides is 1. The van der Waals surface area contributed by atoms with E-state index in [-0.39, 0.29) is 11.9 Å². The summed E-state index contributed by atoms with van der Waals surface area (Å²) in [6.45, 7) is 3.34. The molecule has 0 radical (unpaired) electrons. The summed E-state index contributed by atoms with van der Waals surface area (Å²) in [4.78, 5) is 13.6. The van der Waals surface area contributed by atoms with Gasteiger partial charge in [0, 0.05) is 25.4 Å². The van der Waals surface area contributed by atoms with Crippen LogP contribution < -0.4 is 15.0 Å². The van der Waals surface area contributed by atoms with Crippen molar-refractivity contribution in [3.63, 3.8) is 0 Å². The smallest absolute Gasteiger partial charge is 0.275 e. The quantitative estimate of drug-likeness (QED) is 0.708. The van der Waals surface area contributed by atoms with Gasteiger partial charge in [-0.15, -0.1) is 0 Å². The number of quaternary nitrogens is 1. The summed E-state index contributed by atoms with van der Waals surface area (Å²) in [6.07, 6.45) is 2.11. The molecule has 1 amide bonds. The Labute approximate surface area is 148 Å². The summed E-state index contributed by atoms with van der Waals surface area (Å²) in [5, 5.41) is 2.93. The molecule has 0 fully saturated rings. The zero-order valence-corrected chi connectivity index (χ0v) is 14.8. The standard InChI is InChI=1S/C19H25N3O3/c1-24-12-8-20-18(23)14-22-11-10-21-9-4-7-17(21)19(22)15-5-3-6-16(13-15)25-2/h3-7,9,13,19H,8,10-12,14H2,1-2H3,(H,20,23)/p+1/t19-/m1/s1. The lowest BCUT2D eigenvalue weighted by Gasteiger charge is -2.34. The predicted octanol–water partition coefficient (Wildman–Crippen LogP) is 0.247. The predicted molar refractivity (Wildman–Crippen MR) is 94.9 cm³/mol. The highest BCUT2D eigenvalue weighted by Crippen LogP contribution is 2.25. The van der Waals surface area contributed by atoms with Gasteiger partial charge < -0.3 is 24.3 Å². The number of benzene rings is 1. The van der Waals surface area contributed by atoms with Crippen LogP contribution in [0, 0.1) is 0 Å². The topological polar surface area (TPSA) is 56.9 Å². The summed E-state index contributed by atoms with van der Waals surface area (Å²) < 4.78 is 12.7. The maximum absolute atomic E-state index is 12.3. The molecule has 6 nitrogen and oxygen atoms in total. The second-order valence-corrected chi connectivity index (χ2v) is 6.26. The van der Waals surface area contributed by atoms with Crippen LogP contribution in [0.5, 0.6) is 5.75 Å². The average Bonchev–Trinajstić information content (AvgIpc) is 3.10. The number of ether oxygens (including phenoxy) is 2. The van der Waals surface area contributed by atoms with Crippen LogP contribution in [0.3, 0.4) is 0 Å². The zero-order chi connectivity index (χ0) is 17.6. The minimum absolute atomic E-state index is 0.0555. The molecule has 1 aromatic heterocycles.